The summed E-state index contributed by atoms with van der Waals surface area (Å²) in [5, 5.41) is 19.0. The lowest BCUT2D eigenvalue weighted by atomic mass is 9.97. The number of rotatable bonds is 5. The smallest absolute Gasteiger partial charge is 0.333 e. The van der Waals surface area contributed by atoms with Crippen LogP contribution in [-0.4, -0.2) is 27.4 Å². The van der Waals surface area contributed by atoms with Crippen molar-refractivity contribution in [2.24, 2.45) is 7.05 Å². The predicted molar refractivity (Wildman–Crippen MR) is 91.0 cm³/mol. The van der Waals surface area contributed by atoms with Gasteiger partial charge in [-0.1, -0.05) is 37.3 Å². The molecule has 1 aromatic heterocycles. The first-order chi connectivity index (χ1) is 11.6. The molecule has 1 aliphatic rings. The molecule has 1 fully saturated rings. The number of nitrogens with zero attached hydrogens (tertiary/aromatic N) is 3. The van der Waals surface area contributed by atoms with E-state index in [2.05, 4.69) is 22.5 Å². The summed E-state index contributed by atoms with van der Waals surface area (Å²) in [6.07, 6.45) is 2.13. The summed E-state index contributed by atoms with van der Waals surface area (Å²) in [6.45, 7) is 2.50. The fraction of sp³-hybridized carbons (Fsp3) is 0.471. The van der Waals surface area contributed by atoms with Gasteiger partial charge in [-0.05, 0) is 24.8 Å². The van der Waals surface area contributed by atoms with Gasteiger partial charge in [0.15, 0.2) is 0 Å². The van der Waals surface area contributed by atoms with Gasteiger partial charge in [0.05, 0.1) is 11.0 Å². The third-order valence-electron chi connectivity index (χ3n) is 4.41. The maximum Gasteiger partial charge on any atom is 0.333 e. The lowest BCUT2D eigenvalue weighted by Crippen LogP contribution is -2.31. The first kappa shape index (κ1) is 16.4. The Morgan fingerprint density at radius 1 is 1.42 bits per heavy atom. The Hall–Kier alpha value is -2.41. The van der Waals surface area contributed by atoms with Gasteiger partial charge in [0.2, 0.25) is 5.82 Å². The molecular formula is C17H22N4O3. The first-order valence-electron chi connectivity index (χ1n) is 8.23. The fourth-order valence-electron chi connectivity index (χ4n) is 3.18. The molecule has 2 aromatic rings. The molecule has 128 valence electrons. The number of hydrogen-bond acceptors (Lipinski definition) is 5. The van der Waals surface area contributed by atoms with Gasteiger partial charge in [0.25, 0.3) is 0 Å². The minimum absolute atomic E-state index is 0.00961. The van der Waals surface area contributed by atoms with Gasteiger partial charge in [-0.25, -0.2) is 4.68 Å². The molecule has 0 aliphatic carbocycles. The number of nitro groups is 1. The van der Waals surface area contributed by atoms with Crippen LogP contribution in [0.1, 0.15) is 37.1 Å². The summed E-state index contributed by atoms with van der Waals surface area (Å²) in [6, 6.07) is 10.2. The molecule has 2 unspecified atom stereocenters. The summed E-state index contributed by atoms with van der Waals surface area (Å²) >= 11 is 0. The van der Waals surface area contributed by atoms with Crippen LogP contribution in [0.3, 0.4) is 0 Å². The number of ether oxygens (including phenoxy) is 1. The maximum atomic E-state index is 11.4. The Bertz CT molecular complexity index is 714. The number of hydrogen-bond donors (Lipinski definition) is 1. The summed E-state index contributed by atoms with van der Waals surface area (Å²) < 4.78 is 7.44. The third-order valence-corrected chi connectivity index (χ3v) is 4.41. The van der Waals surface area contributed by atoms with Crippen LogP contribution in [-0.2, 0) is 18.2 Å². The van der Waals surface area contributed by atoms with Crippen molar-refractivity contribution < 1.29 is 9.66 Å². The Balaban J connectivity index is 1.79. The van der Waals surface area contributed by atoms with Gasteiger partial charge in [-0.3, -0.25) is 10.1 Å². The van der Waals surface area contributed by atoms with Crippen molar-refractivity contribution in [3.8, 4) is 0 Å². The van der Waals surface area contributed by atoms with Crippen molar-refractivity contribution in [2.75, 3.05) is 11.9 Å². The molecule has 3 rings (SSSR count). The van der Waals surface area contributed by atoms with E-state index in [1.54, 1.807) is 11.7 Å². The van der Waals surface area contributed by atoms with E-state index in [-0.39, 0.29) is 22.8 Å². The molecule has 1 saturated heterocycles. The number of benzene rings is 1. The van der Waals surface area contributed by atoms with E-state index in [0.29, 0.717) is 24.5 Å². The second-order valence-corrected chi connectivity index (χ2v) is 6.01. The summed E-state index contributed by atoms with van der Waals surface area (Å²) in [5.74, 6) is 0.482. The minimum atomic E-state index is -0.345. The number of aryl methyl sites for hydroxylation is 2. The molecule has 1 aliphatic heterocycles. The Morgan fingerprint density at radius 3 is 2.83 bits per heavy atom. The molecule has 0 bridgehead atoms. The molecule has 0 amide bonds. The number of nitrogens with one attached hydrogen (secondary N) is 1. The molecular weight excluding hydrogens is 308 g/mol. The molecule has 2 atom stereocenters. The van der Waals surface area contributed by atoms with E-state index in [4.69, 9.17) is 4.74 Å². The minimum Gasteiger partial charge on any atom is -0.373 e. The third kappa shape index (κ3) is 3.26. The van der Waals surface area contributed by atoms with E-state index in [1.807, 2.05) is 25.1 Å². The van der Waals surface area contributed by atoms with Crippen molar-refractivity contribution in [1.29, 1.82) is 0 Å². The zero-order valence-corrected chi connectivity index (χ0v) is 13.9. The summed E-state index contributed by atoms with van der Waals surface area (Å²) in [7, 11) is 1.74. The average Bonchev–Trinajstić information content (AvgIpc) is 2.92. The fourth-order valence-corrected chi connectivity index (χ4v) is 3.18. The van der Waals surface area contributed by atoms with Crippen LogP contribution >= 0.6 is 0 Å². The molecule has 0 saturated carbocycles. The van der Waals surface area contributed by atoms with Gasteiger partial charge in [0, 0.05) is 19.7 Å². The van der Waals surface area contributed by atoms with Crippen molar-refractivity contribution in [1.82, 2.24) is 9.78 Å². The monoisotopic (exact) mass is 330 g/mol. The van der Waals surface area contributed by atoms with E-state index in [0.717, 1.165) is 18.4 Å². The Labute approximate surface area is 140 Å². The lowest BCUT2D eigenvalue weighted by Gasteiger charge is -2.30. The molecule has 0 radical (unpaired) electrons. The van der Waals surface area contributed by atoms with Crippen molar-refractivity contribution in [2.45, 2.75) is 38.3 Å². The molecule has 0 spiro atoms. The van der Waals surface area contributed by atoms with E-state index in [1.165, 1.54) is 0 Å². The highest BCUT2D eigenvalue weighted by atomic mass is 16.6. The van der Waals surface area contributed by atoms with Gasteiger partial charge in [-0.15, -0.1) is 0 Å². The van der Waals surface area contributed by atoms with Gasteiger partial charge in [0.1, 0.15) is 5.69 Å². The largest absolute Gasteiger partial charge is 0.373 e. The Morgan fingerprint density at radius 2 is 2.17 bits per heavy atom. The van der Waals surface area contributed by atoms with Crippen molar-refractivity contribution in [3.05, 3.63) is 51.7 Å². The highest BCUT2D eigenvalue weighted by Crippen LogP contribution is 2.33. The van der Waals surface area contributed by atoms with Crippen molar-refractivity contribution >= 4 is 11.5 Å². The predicted octanol–water partition coefficient (Wildman–Crippen LogP) is 3.22. The van der Waals surface area contributed by atoms with E-state index >= 15 is 0 Å². The topological polar surface area (TPSA) is 82.2 Å². The average molecular weight is 330 g/mol. The SMILES string of the molecule is CCc1nn(C)c(NC2CCOC(c3ccccc3)C2)c1[N+](=O)[O-]. The van der Waals surface area contributed by atoms with E-state index in [9.17, 15) is 10.1 Å². The quantitative estimate of drug-likeness (QED) is 0.672. The molecule has 7 heteroatoms. The Kier molecular flexibility index (Phi) is 4.80. The summed E-state index contributed by atoms with van der Waals surface area (Å²) in [4.78, 5) is 11.1. The first-order valence-corrected chi connectivity index (χ1v) is 8.23. The van der Waals surface area contributed by atoms with Gasteiger partial charge >= 0.3 is 5.69 Å². The maximum absolute atomic E-state index is 11.4. The standard InChI is InChI=1S/C17H22N4O3/c1-3-14-16(21(22)23)17(20(2)19-14)18-13-9-10-24-15(11-13)12-7-5-4-6-8-12/h4-8,13,15,18H,3,9-11H2,1-2H3. The van der Waals surface area contributed by atoms with Crippen molar-refractivity contribution in [3.63, 3.8) is 0 Å². The molecule has 24 heavy (non-hydrogen) atoms. The van der Waals surface area contributed by atoms with Crippen LogP contribution in [0.2, 0.25) is 0 Å². The van der Waals surface area contributed by atoms with Crippen LogP contribution < -0.4 is 5.32 Å². The molecule has 1 aromatic carbocycles. The highest BCUT2D eigenvalue weighted by Gasteiger charge is 2.30. The van der Waals surface area contributed by atoms with E-state index < -0.39 is 0 Å². The van der Waals surface area contributed by atoms with Crippen LogP contribution in [0.5, 0.6) is 0 Å². The van der Waals surface area contributed by atoms with Crippen LogP contribution in [0.15, 0.2) is 30.3 Å². The second kappa shape index (κ2) is 7.00. The normalized spacial score (nSPS) is 20.8. The van der Waals surface area contributed by atoms with Gasteiger partial charge < -0.3 is 10.1 Å². The van der Waals surface area contributed by atoms with Crippen LogP contribution in [0.4, 0.5) is 11.5 Å². The zero-order valence-electron chi connectivity index (χ0n) is 13.9. The molecule has 7 nitrogen and oxygen atoms in total. The molecule has 1 N–H and O–H groups in total. The van der Waals surface area contributed by atoms with Crippen LogP contribution in [0.25, 0.3) is 0 Å². The summed E-state index contributed by atoms with van der Waals surface area (Å²) in [5.41, 5.74) is 1.73. The van der Waals surface area contributed by atoms with Gasteiger partial charge in [-0.2, -0.15) is 5.10 Å². The highest BCUT2D eigenvalue weighted by molar-refractivity contribution is 5.60. The molecule has 2 heterocycles. The number of aromatic nitrogens is 2. The lowest BCUT2D eigenvalue weighted by molar-refractivity contribution is -0.384. The zero-order chi connectivity index (χ0) is 17.1. The number of anilines is 1. The second-order valence-electron chi connectivity index (χ2n) is 6.01. The van der Waals surface area contributed by atoms with Crippen LogP contribution in [0, 0.1) is 10.1 Å².